The van der Waals surface area contributed by atoms with Crippen molar-refractivity contribution in [2.75, 3.05) is 24.7 Å². The van der Waals surface area contributed by atoms with Gasteiger partial charge in [0.25, 0.3) is 0 Å². The molecule has 6 heterocycles. The van der Waals surface area contributed by atoms with Crippen molar-refractivity contribution in [1.82, 2.24) is 0 Å². The molecule has 97 heavy (non-hydrogen) atoms. The SMILES string of the molecule is C.C=C1CCc2cc(C)ccc2C1.C=C1COc2cc(C)ccc2C1.C=C1Cc2ccc(C)cc2OC12CC2.Cc1ccc2c(c1)CCCC2.Cc1ccc2c(c1)COC(=O)C2.Cc1ccc2c(c1)OCCC2.Cc1ccc2c(c1)S(=O)(=O)CCC2.Cc1ccc2c(c1)SCCC2. The second-order valence-electron chi connectivity index (χ2n) is 27.8. The maximum atomic E-state index is 11.6. The fraction of sp³-hybridized carbons (Fsp3) is 0.375. The van der Waals surface area contributed by atoms with E-state index < -0.39 is 9.84 Å². The smallest absolute Gasteiger partial charge is 0.310 e. The van der Waals surface area contributed by atoms with Gasteiger partial charge >= 0.3 is 5.97 Å². The Morgan fingerprint density at radius 1 is 0.392 bits per heavy atom. The van der Waals surface area contributed by atoms with Gasteiger partial charge in [0.1, 0.15) is 36.1 Å². The summed E-state index contributed by atoms with van der Waals surface area (Å²) in [5, 5.41) is 0. The summed E-state index contributed by atoms with van der Waals surface area (Å²) in [5.41, 5.74) is 28.9. The van der Waals surface area contributed by atoms with E-state index in [1.165, 1.54) is 146 Å². The highest BCUT2D eigenvalue weighted by molar-refractivity contribution is 7.99. The van der Waals surface area contributed by atoms with Crippen LogP contribution >= 0.6 is 11.8 Å². The molecule has 7 nitrogen and oxygen atoms in total. The second kappa shape index (κ2) is 34.1. The molecule has 0 atom stereocenters. The van der Waals surface area contributed by atoms with Crippen LogP contribution in [0.5, 0.6) is 17.2 Å². The zero-order valence-electron chi connectivity index (χ0n) is 58.4. The van der Waals surface area contributed by atoms with E-state index >= 15 is 0 Å². The van der Waals surface area contributed by atoms with Crippen molar-refractivity contribution in [3.05, 3.63) is 288 Å². The fourth-order valence-electron chi connectivity index (χ4n) is 13.3. The molecule has 9 aliphatic rings. The van der Waals surface area contributed by atoms with Crippen LogP contribution in [0.1, 0.15) is 164 Å². The Balaban J connectivity index is 0.000000130. The van der Waals surface area contributed by atoms with Gasteiger partial charge in [-0.1, -0.05) is 170 Å². The maximum absolute atomic E-state index is 11.6. The molecule has 6 aliphatic heterocycles. The van der Waals surface area contributed by atoms with E-state index in [9.17, 15) is 13.2 Å². The number of ether oxygens (including phenoxy) is 4. The first-order valence-corrected chi connectivity index (χ1v) is 37.5. The zero-order valence-corrected chi connectivity index (χ0v) is 60.0. The predicted molar refractivity (Wildman–Crippen MR) is 404 cm³/mol. The molecule has 0 bridgehead atoms. The highest BCUT2D eigenvalue weighted by Gasteiger charge is 2.50. The average Bonchev–Trinajstić information content (AvgIpc) is 1.61. The number of benzene rings is 8. The van der Waals surface area contributed by atoms with Crippen molar-refractivity contribution in [2.24, 2.45) is 0 Å². The monoisotopic (exact) mass is 1340 g/mol. The lowest BCUT2D eigenvalue weighted by Gasteiger charge is -2.28. The van der Waals surface area contributed by atoms with Crippen LogP contribution < -0.4 is 14.2 Å². The van der Waals surface area contributed by atoms with Gasteiger partial charge < -0.3 is 18.9 Å². The van der Waals surface area contributed by atoms with Gasteiger partial charge in [-0.3, -0.25) is 4.79 Å². The van der Waals surface area contributed by atoms with Crippen molar-refractivity contribution in [1.29, 1.82) is 0 Å². The summed E-state index contributed by atoms with van der Waals surface area (Å²) in [6, 6.07) is 51.4. The highest BCUT2D eigenvalue weighted by atomic mass is 32.2. The summed E-state index contributed by atoms with van der Waals surface area (Å²) in [4.78, 5) is 13.0. The standard InChI is InChI=1S/C13H14O.C12H14.C11H12O.C11H14.C10H12O2S.C10H10O2.C10H12O.C10H12S.CH4/c1-9-3-4-11-8-10(2)13(5-6-13)14-12(11)7-9;1-9-3-5-12-8-10(2)4-6-11(12)7-9;1-8-3-4-10-5-9(2)7-12-11(10)6-8;1-9-6-7-10-4-2-3-5-11(10)8-9;1-8-4-5-9-3-2-6-13(11,12)10(9)7-8;1-7-2-3-8-5-10(11)12-6-9(8)4-7;2*1-8-4-5-9-3-2-6-11-10(9)7-8;/h3-4,7H,2,5-6,8H2,1H3;4,6,8H,1,3,5,7H2,2H3;3-4,6H,2,5,7H2,1H3;6-8H,2-5H2,1H3;4-5,7H,2-3,6H2,1H3;2-4H,5-6H2,1H3;2*4-5,7H,2-3,6H2,1H3;1H4. The van der Waals surface area contributed by atoms with Gasteiger partial charge in [-0.15, -0.1) is 11.8 Å². The van der Waals surface area contributed by atoms with Crippen LogP contribution in [0.4, 0.5) is 0 Å². The molecule has 8 aromatic carbocycles. The van der Waals surface area contributed by atoms with Gasteiger partial charge in [-0.25, -0.2) is 8.42 Å². The van der Waals surface area contributed by atoms with Gasteiger partial charge in [-0.2, -0.15) is 0 Å². The molecule has 510 valence electrons. The molecule has 3 aliphatic carbocycles. The number of aryl methyl sites for hydroxylation is 14. The first kappa shape index (κ1) is 73.4. The molecular weight excluding hydrogens is 1230 g/mol. The number of rotatable bonds is 0. The van der Waals surface area contributed by atoms with E-state index in [0.717, 1.165) is 103 Å². The van der Waals surface area contributed by atoms with Crippen LogP contribution in [0.2, 0.25) is 0 Å². The van der Waals surface area contributed by atoms with Gasteiger partial charge in [-0.05, 0) is 282 Å². The van der Waals surface area contributed by atoms with Crippen LogP contribution in [-0.2, 0) is 90.2 Å². The zero-order chi connectivity index (χ0) is 67.9. The number of cyclic esters (lactones) is 1. The normalized spacial score (nSPS) is 16.9. The molecule has 9 heteroatoms. The Hall–Kier alpha value is -7.85. The summed E-state index contributed by atoms with van der Waals surface area (Å²) in [6.45, 7) is 30.8. The number of thioether (sulfide) groups is 1. The largest absolute Gasteiger partial charge is 0.493 e. The van der Waals surface area contributed by atoms with Gasteiger partial charge in [0.15, 0.2) is 9.84 Å². The van der Waals surface area contributed by atoms with E-state index in [2.05, 4.69) is 177 Å². The van der Waals surface area contributed by atoms with Crippen LogP contribution in [0.3, 0.4) is 0 Å². The van der Waals surface area contributed by atoms with Crippen molar-refractivity contribution < 1.29 is 32.2 Å². The average molecular weight is 1340 g/mol. The molecule has 1 saturated carbocycles. The maximum Gasteiger partial charge on any atom is 0.310 e. The number of allylic oxidation sites excluding steroid dienone is 1. The first-order valence-electron chi connectivity index (χ1n) is 34.8. The van der Waals surface area contributed by atoms with Crippen LogP contribution in [0, 0.1) is 55.4 Å². The molecule has 0 aromatic heterocycles. The summed E-state index contributed by atoms with van der Waals surface area (Å²) < 4.78 is 45.2. The van der Waals surface area contributed by atoms with Crippen LogP contribution in [-0.4, -0.2) is 44.7 Å². The Bertz CT molecular complexity index is 3940. The van der Waals surface area contributed by atoms with E-state index in [1.54, 1.807) is 22.8 Å². The Labute approximate surface area is 586 Å². The minimum Gasteiger partial charge on any atom is -0.493 e. The summed E-state index contributed by atoms with van der Waals surface area (Å²) in [5.74, 6) is 4.69. The molecule has 8 aromatic rings. The van der Waals surface area contributed by atoms with Gasteiger partial charge in [0.05, 0.1) is 23.7 Å². The minimum absolute atomic E-state index is 0. The lowest BCUT2D eigenvalue weighted by atomic mass is 9.88. The van der Waals surface area contributed by atoms with Crippen LogP contribution in [0.25, 0.3) is 0 Å². The molecule has 0 amide bonds. The number of hydrogen-bond donors (Lipinski definition) is 0. The molecule has 0 unspecified atom stereocenters. The summed E-state index contributed by atoms with van der Waals surface area (Å²) in [6.07, 6.45) is 20.2. The molecule has 0 radical (unpaired) electrons. The van der Waals surface area contributed by atoms with E-state index in [-0.39, 0.29) is 19.0 Å². The van der Waals surface area contributed by atoms with Gasteiger partial charge in [0, 0.05) is 17.7 Å². The highest BCUT2D eigenvalue weighted by Crippen LogP contribution is 2.51. The third kappa shape index (κ3) is 20.8. The lowest BCUT2D eigenvalue weighted by molar-refractivity contribution is -0.145. The van der Waals surface area contributed by atoms with E-state index in [1.807, 2.05) is 49.9 Å². The Morgan fingerprint density at radius 2 is 0.866 bits per heavy atom. The molecule has 1 spiro atoms. The van der Waals surface area contributed by atoms with Crippen molar-refractivity contribution in [3.8, 4) is 17.2 Å². The number of hydrogen-bond acceptors (Lipinski definition) is 8. The van der Waals surface area contributed by atoms with E-state index in [0.29, 0.717) is 30.3 Å². The molecule has 0 saturated heterocycles. The lowest BCUT2D eigenvalue weighted by Crippen LogP contribution is -2.26. The third-order valence-corrected chi connectivity index (χ3v) is 22.1. The third-order valence-electron chi connectivity index (χ3n) is 19.1. The summed E-state index contributed by atoms with van der Waals surface area (Å²) in [7, 11) is -2.96. The number of sulfone groups is 1. The number of fused-ring (bicyclic) bond motifs is 8. The molecule has 1 fully saturated rings. The molecule has 17 rings (SSSR count). The Morgan fingerprint density at radius 3 is 1.53 bits per heavy atom. The van der Waals surface area contributed by atoms with Crippen molar-refractivity contribution in [3.63, 3.8) is 0 Å². The minimum atomic E-state index is -2.96. The van der Waals surface area contributed by atoms with E-state index in [4.69, 9.17) is 18.9 Å². The fourth-order valence-corrected chi connectivity index (χ4v) is 16.1. The quantitative estimate of drug-likeness (QED) is 0.110. The topological polar surface area (TPSA) is 88.1 Å². The second-order valence-corrected chi connectivity index (χ2v) is 31.0. The first-order chi connectivity index (χ1) is 46.1. The molecule has 0 N–H and O–H groups in total. The Kier molecular flexibility index (Phi) is 25.8. The summed E-state index contributed by atoms with van der Waals surface area (Å²) >= 11 is 2.00. The predicted octanol–water partition coefficient (Wildman–Crippen LogP) is 20.7. The van der Waals surface area contributed by atoms with Gasteiger partial charge in [0.2, 0.25) is 0 Å². The number of carbonyl (C=O) groups is 1. The number of carbonyl (C=O) groups excluding carboxylic acids is 1. The van der Waals surface area contributed by atoms with Crippen molar-refractivity contribution in [2.45, 2.75) is 200 Å². The molecular formula is C88H104O7S2. The number of esters is 1. The van der Waals surface area contributed by atoms with Crippen LogP contribution in [0.15, 0.2) is 192 Å². The van der Waals surface area contributed by atoms with Crippen molar-refractivity contribution >= 4 is 27.6 Å².